The topological polar surface area (TPSA) is 66.4 Å². The van der Waals surface area contributed by atoms with Gasteiger partial charge in [0, 0.05) is 5.75 Å². The first-order valence-electron chi connectivity index (χ1n) is 9.18. The van der Waals surface area contributed by atoms with Gasteiger partial charge in [-0.3, -0.25) is 4.79 Å². The molecule has 0 heterocycles. The van der Waals surface area contributed by atoms with Crippen LogP contribution in [0.4, 0.5) is 23.7 Å². The molecular formula is C23H18F3NO3S. The van der Waals surface area contributed by atoms with E-state index in [-0.39, 0.29) is 17.0 Å². The number of carbonyl (C=O) groups is 2. The van der Waals surface area contributed by atoms with E-state index in [9.17, 15) is 27.9 Å². The summed E-state index contributed by atoms with van der Waals surface area (Å²) in [5, 5.41) is 11.6. The summed E-state index contributed by atoms with van der Waals surface area (Å²) in [4.78, 5) is 24.0. The summed E-state index contributed by atoms with van der Waals surface area (Å²) >= 11 is 0.837. The fourth-order valence-electron chi connectivity index (χ4n) is 2.98. The molecule has 2 N–H and O–H groups in total. The first kappa shape index (κ1) is 22.4. The number of carboxylic acids is 1. The molecule has 0 aliphatic carbocycles. The zero-order chi connectivity index (χ0) is 22.6. The number of hydrogen-bond acceptors (Lipinski definition) is 3. The summed E-state index contributed by atoms with van der Waals surface area (Å²) < 4.78 is 37.9. The highest BCUT2D eigenvalue weighted by Crippen LogP contribution is 2.30. The smallest absolute Gasteiger partial charge is 0.416 e. The van der Waals surface area contributed by atoms with Crippen molar-refractivity contribution < 1.29 is 27.9 Å². The summed E-state index contributed by atoms with van der Waals surface area (Å²) in [6, 6.07) is 16.8. The maximum Gasteiger partial charge on any atom is 0.416 e. The molecule has 0 fully saturated rings. The fourth-order valence-corrected chi connectivity index (χ4v) is 3.65. The minimum absolute atomic E-state index is 0.0516. The van der Waals surface area contributed by atoms with Gasteiger partial charge in [0.25, 0.3) is 5.24 Å². The van der Waals surface area contributed by atoms with Gasteiger partial charge in [-0.15, -0.1) is 0 Å². The number of nitrogens with one attached hydrogen (secondary N) is 1. The molecule has 160 valence electrons. The van der Waals surface area contributed by atoms with E-state index in [1.807, 2.05) is 31.2 Å². The van der Waals surface area contributed by atoms with Gasteiger partial charge in [-0.2, -0.15) is 13.2 Å². The summed E-state index contributed by atoms with van der Waals surface area (Å²) in [5.41, 5.74) is 2.47. The second-order valence-corrected chi connectivity index (χ2v) is 7.72. The van der Waals surface area contributed by atoms with Crippen molar-refractivity contribution in [1.82, 2.24) is 0 Å². The molecule has 0 spiro atoms. The highest BCUT2D eigenvalue weighted by Gasteiger charge is 2.29. The number of aryl methyl sites for hydroxylation is 1. The van der Waals surface area contributed by atoms with Gasteiger partial charge in [0.05, 0.1) is 16.8 Å². The van der Waals surface area contributed by atoms with Gasteiger partial charge >= 0.3 is 12.1 Å². The van der Waals surface area contributed by atoms with E-state index in [2.05, 4.69) is 5.32 Å². The fraction of sp³-hybridized carbons (Fsp3) is 0.130. The molecule has 0 bridgehead atoms. The maximum atomic E-state index is 12.6. The van der Waals surface area contributed by atoms with Gasteiger partial charge in [-0.1, -0.05) is 54.2 Å². The Bertz CT molecular complexity index is 1110. The number of hydrogen-bond donors (Lipinski definition) is 2. The van der Waals surface area contributed by atoms with Crippen molar-refractivity contribution in [2.24, 2.45) is 0 Å². The van der Waals surface area contributed by atoms with Crippen LogP contribution in [0.15, 0.2) is 66.7 Å². The highest BCUT2D eigenvalue weighted by atomic mass is 32.2. The van der Waals surface area contributed by atoms with Crippen LogP contribution >= 0.6 is 11.8 Å². The zero-order valence-corrected chi connectivity index (χ0v) is 17.2. The Morgan fingerprint density at radius 1 is 1.00 bits per heavy atom. The molecule has 31 heavy (non-hydrogen) atoms. The lowest BCUT2D eigenvalue weighted by Crippen LogP contribution is -2.10. The second kappa shape index (κ2) is 9.26. The SMILES string of the molecule is Cc1ccccc1-c1ccc(NC(=O)SCc2ccc(C(F)(F)F)cc2)c(C(=O)O)c1. The van der Waals surface area contributed by atoms with Crippen LogP contribution in [0.5, 0.6) is 0 Å². The predicted octanol–water partition coefficient (Wildman–Crippen LogP) is 6.84. The van der Waals surface area contributed by atoms with E-state index in [0.717, 1.165) is 35.0 Å². The van der Waals surface area contributed by atoms with Crippen LogP contribution in [0.25, 0.3) is 11.1 Å². The van der Waals surface area contributed by atoms with E-state index in [4.69, 9.17) is 0 Å². The van der Waals surface area contributed by atoms with E-state index in [1.54, 1.807) is 6.07 Å². The summed E-state index contributed by atoms with van der Waals surface area (Å²) in [6.45, 7) is 1.92. The zero-order valence-electron chi connectivity index (χ0n) is 16.4. The maximum absolute atomic E-state index is 12.6. The molecule has 0 unspecified atom stereocenters. The second-order valence-electron chi connectivity index (χ2n) is 6.78. The monoisotopic (exact) mass is 445 g/mol. The third kappa shape index (κ3) is 5.67. The molecule has 0 aromatic heterocycles. The molecule has 0 atom stereocenters. The first-order chi connectivity index (χ1) is 14.6. The molecule has 0 saturated carbocycles. The van der Waals surface area contributed by atoms with Crippen molar-refractivity contribution in [3.63, 3.8) is 0 Å². The standard InChI is InChI=1S/C23H18F3NO3S/c1-14-4-2-3-5-18(14)16-8-11-20(19(12-16)21(28)29)27-22(30)31-13-15-6-9-17(10-7-15)23(24,25)26/h2-12H,13H2,1H3,(H,27,30)(H,28,29). The van der Waals surface area contributed by atoms with Crippen LogP contribution in [-0.2, 0) is 11.9 Å². The first-order valence-corrected chi connectivity index (χ1v) is 10.2. The largest absolute Gasteiger partial charge is 0.478 e. The third-order valence-electron chi connectivity index (χ3n) is 4.59. The van der Waals surface area contributed by atoms with E-state index >= 15 is 0 Å². The van der Waals surface area contributed by atoms with Crippen LogP contribution in [-0.4, -0.2) is 16.3 Å². The quantitative estimate of drug-likeness (QED) is 0.451. The van der Waals surface area contributed by atoms with Gasteiger partial charge in [-0.05, 0) is 53.4 Å². The average Bonchev–Trinajstić information content (AvgIpc) is 2.72. The van der Waals surface area contributed by atoms with E-state index in [1.165, 1.54) is 24.3 Å². The van der Waals surface area contributed by atoms with Gasteiger partial charge in [0.1, 0.15) is 0 Å². The summed E-state index contributed by atoms with van der Waals surface area (Å²) in [7, 11) is 0. The number of anilines is 1. The normalized spacial score (nSPS) is 11.2. The molecule has 0 aliphatic rings. The Balaban J connectivity index is 1.71. The number of aromatic carboxylic acids is 1. The van der Waals surface area contributed by atoms with Crippen LogP contribution in [0.1, 0.15) is 27.0 Å². The number of carbonyl (C=O) groups excluding carboxylic acids is 1. The van der Waals surface area contributed by atoms with Crippen molar-refractivity contribution in [1.29, 1.82) is 0 Å². The van der Waals surface area contributed by atoms with E-state index in [0.29, 0.717) is 11.1 Å². The van der Waals surface area contributed by atoms with Gasteiger partial charge < -0.3 is 10.4 Å². The predicted molar refractivity (Wildman–Crippen MR) is 115 cm³/mol. The highest BCUT2D eigenvalue weighted by molar-refractivity contribution is 8.13. The van der Waals surface area contributed by atoms with Crippen molar-refractivity contribution >= 4 is 28.7 Å². The minimum atomic E-state index is -4.42. The minimum Gasteiger partial charge on any atom is -0.478 e. The lowest BCUT2D eigenvalue weighted by atomic mass is 9.98. The molecule has 0 saturated heterocycles. The van der Waals surface area contributed by atoms with E-state index < -0.39 is 22.9 Å². The van der Waals surface area contributed by atoms with Gasteiger partial charge in [-0.25, -0.2) is 4.79 Å². The molecule has 4 nitrogen and oxygen atoms in total. The summed E-state index contributed by atoms with van der Waals surface area (Å²) in [6.07, 6.45) is -4.42. The van der Waals surface area contributed by atoms with Crippen LogP contribution in [0.3, 0.4) is 0 Å². The Kier molecular flexibility index (Phi) is 6.70. The van der Waals surface area contributed by atoms with Crippen molar-refractivity contribution in [3.8, 4) is 11.1 Å². The summed E-state index contributed by atoms with van der Waals surface area (Å²) in [5.74, 6) is -1.04. The molecular weight excluding hydrogens is 427 g/mol. The van der Waals surface area contributed by atoms with Crippen molar-refractivity contribution in [2.45, 2.75) is 18.9 Å². The number of alkyl halides is 3. The van der Waals surface area contributed by atoms with Crippen molar-refractivity contribution in [2.75, 3.05) is 5.32 Å². The lowest BCUT2D eigenvalue weighted by molar-refractivity contribution is -0.137. The molecule has 1 amide bonds. The molecule has 3 aromatic carbocycles. The molecule has 8 heteroatoms. The molecule has 0 aliphatic heterocycles. The Morgan fingerprint density at radius 3 is 2.29 bits per heavy atom. The number of rotatable bonds is 5. The van der Waals surface area contributed by atoms with Crippen LogP contribution in [0.2, 0.25) is 0 Å². The number of thioether (sulfide) groups is 1. The van der Waals surface area contributed by atoms with Crippen LogP contribution < -0.4 is 5.32 Å². The van der Waals surface area contributed by atoms with Gasteiger partial charge in [0.15, 0.2) is 0 Å². The number of halogens is 3. The lowest BCUT2D eigenvalue weighted by Gasteiger charge is -2.12. The third-order valence-corrected chi connectivity index (χ3v) is 5.44. The Morgan fingerprint density at radius 2 is 1.68 bits per heavy atom. The average molecular weight is 445 g/mol. The number of carboxylic acid groups (broad SMARTS) is 1. The molecule has 0 radical (unpaired) electrons. The number of benzene rings is 3. The van der Waals surface area contributed by atoms with Crippen LogP contribution in [0, 0.1) is 6.92 Å². The Labute approximate surface area is 181 Å². The molecule has 3 rings (SSSR count). The molecule has 3 aromatic rings. The Hall–Kier alpha value is -3.26. The number of amides is 1. The van der Waals surface area contributed by atoms with Crippen molar-refractivity contribution in [3.05, 3.63) is 89.0 Å². The van der Waals surface area contributed by atoms with Gasteiger partial charge in [0.2, 0.25) is 0 Å².